The summed E-state index contributed by atoms with van der Waals surface area (Å²) in [4.78, 5) is 49.6. The molecule has 240 valence electrons. The molecule has 2 unspecified atom stereocenters. The van der Waals surface area contributed by atoms with E-state index in [-0.39, 0.29) is 36.3 Å². The van der Waals surface area contributed by atoms with E-state index in [0.717, 1.165) is 44.1 Å². The Bertz CT molecular complexity index is 1230. The Kier molecular flexibility index (Phi) is 9.71. The molecule has 8 nitrogen and oxygen atoms in total. The number of nitrogens with zero attached hydrogens (tertiary/aromatic N) is 3. The van der Waals surface area contributed by atoms with Gasteiger partial charge in [0.2, 0.25) is 17.7 Å². The quantitative estimate of drug-likeness (QED) is 0.329. The number of hydrogen-bond acceptors (Lipinski definition) is 5. The Morgan fingerprint density at radius 1 is 1.09 bits per heavy atom. The van der Waals surface area contributed by atoms with Crippen molar-refractivity contribution in [1.29, 1.82) is 0 Å². The lowest BCUT2D eigenvalue weighted by Gasteiger charge is -2.43. The third kappa shape index (κ3) is 5.42. The smallest absolute Gasteiger partial charge is 0.248 e. The van der Waals surface area contributed by atoms with Gasteiger partial charge < -0.3 is 24.5 Å². The fourth-order valence-corrected chi connectivity index (χ4v) is 8.69. The van der Waals surface area contributed by atoms with E-state index >= 15 is 0 Å². The fourth-order valence-electron chi connectivity index (χ4n) is 8.69. The summed E-state index contributed by atoms with van der Waals surface area (Å²) < 4.78 is 6.95. The standard InChI is InChI=1S/C36H51N3O5/c1-6-21-37(23-26-15-11-9-12-16-26)32(41)29-30-33(42)39(28(24-40)25(4)8-3)31(36(30)20-19-35(29,5)44-36)34(43)38(22-7-2)27-17-13-10-14-18-27/h6-7,9,11-12,15-16,25,27-31,40H,1-2,8,10,13-14,17-24H2,3-5H3/t25-,28-,29+,30-,31?,35-,36?/m0/s1. The molecule has 1 aromatic rings. The predicted octanol–water partition coefficient (Wildman–Crippen LogP) is 4.72. The van der Waals surface area contributed by atoms with Gasteiger partial charge in [-0.05, 0) is 44.1 Å². The molecule has 2 bridgehead atoms. The number of amides is 3. The number of likely N-dealkylation sites (tertiary alicyclic amines) is 1. The summed E-state index contributed by atoms with van der Waals surface area (Å²) in [6.45, 7) is 14.7. The summed E-state index contributed by atoms with van der Waals surface area (Å²) in [5.74, 6) is -2.13. The molecule has 1 aromatic carbocycles. The van der Waals surface area contributed by atoms with Gasteiger partial charge in [0.25, 0.3) is 0 Å². The van der Waals surface area contributed by atoms with Crippen LogP contribution < -0.4 is 0 Å². The van der Waals surface area contributed by atoms with Gasteiger partial charge in [-0.3, -0.25) is 14.4 Å². The van der Waals surface area contributed by atoms with Gasteiger partial charge in [0.1, 0.15) is 11.6 Å². The Labute approximate surface area is 263 Å². The molecule has 4 aliphatic rings. The Hall–Kier alpha value is -2.97. The minimum absolute atomic E-state index is 0.0469. The highest BCUT2D eigenvalue weighted by Gasteiger charge is 2.79. The van der Waals surface area contributed by atoms with Crippen molar-refractivity contribution in [3.8, 4) is 0 Å². The van der Waals surface area contributed by atoms with Crippen LogP contribution in [-0.4, -0.2) is 86.6 Å². The normalized spacial score (nSPS) is 31.0. The third-order valence-electron chi connectivity index (χ3n) is 11.1. The van der Waals surface area contributed by atoms with Crippen LogP contribution in [-0.2, 0) is 25.7 Å². The van der Waals surface area contributed by atoms with E-state index in [9.17, 15) is 19.5 Å². The molecule has 0 aromatic heterocycles. The van der Waals surface area contributed by atoms with Crippen LogP contribution in [0.5, 0.6) is 0 Å². The van der Waals surface area contributed by atoms with Crippen LogP contribution in [0.3, 0.4) is 0 Å². The van der Waals surface area contributed by atoms with Crippen LogP contribution in [0.4, 0.5) is 0 Å². The number of aliphatic hydroxyl groups excluding tert-OH is 1. The van der Waals surface area contributed by atoms with Gasteiger partial charge >= 0.3 is 0 Å². The lowest BCUT2D eigenvalue weighted by Crippen LogP contribution is -2.61. The molecule has 1 N–H and O–H groups in total. The average molecular weight is 606 g/mol. The highest BCUT2D eigenvalue weighted by Crippen LogP contribution is 2.64. The highest BCUT2D eigenvalue weighted by molar-refractivity contribution is 5.99. The minimum atomic E-state index is -1.13. The monoisotopic (exact) mass is 605 g/mol. The van der Waals surface area contributed by atoms with Crippen LogP contribution in [0.25, 0.3) is 0 Å². The fraction of sp³-hybridized carbons (Fsp3) is 0.639. The number of ether oxygens (including phenoxy) is 1. The molecule has 4 fully saturated rings. The second-order valence-corrected chi connectivity index (χ2v) is 13.7. The topological polar surface area (TPSA) is 90.4 Å². The van der Waals surface area contributed by atoms with Crippen molar-refractivity contribution >= 4 is 17.7 Å². The lowest BCUT2D eigenvalue weighted by atomic mass is 9.66. The van der Waals surface area contributed by atoms with E-state index in [4.69, 9.17) is 4.74 Å². The van der Waals surface area contributed by atoms with Crippen molar-refractivity contribution in [2.45, 2.75) is 108 Å². The molecule has 1 saturated carbocycles. The molecule has 3 aliphatic heterocycles. The van der Waals surface area contributed by atoms with E-state index < -0.39 is 35.1 Å². The minimum Gasteiger partial charge on any atom is -0.394 e. The first-order valence-electron chi connectivity index (χ1n) is 16.7. The maximum atomic E-state index is 14.9. The zero-order chi connectivity index (χ0) is 31.6. The number of carbonyl (C=O) groups is 3. The number of carbonyl (C=O) groups excluding carboxylic acids is 3. The van der Waals surface area contributed by atoms with Crippen LogP contribution >= 0.6 is 0 Å². The molecule has 1 aliphatic carbocycles. The van der Waals surface area contributed by atoms with Gasteiger partial charge in [0, 0.05) is 25.7 Å². The zero-order valence-corrected chi connectivity index (χ0v) is 26.8. The first-order chi connectivity index (χ1) is 21.2. The SMILES string of the molecule is C=CCN(Cc1ccccc1)C(=O)[C@H]1[C@H]2C(=O)N([C@@H](CO)[C@@H](C)CC)C(C(=O)N(CC=C)C3CCCCC3)C23CC[C@]1(C)O3. The second kappa shape index (κ2) is 13.2. The summed E-state index contributed by atoms with van der Waals surface area (Å²) >= 11 is 0. The third-order valence-corrected chi connectivity index (χ3v) is 11.1. The number of benzene rings is 1. The molecule has 44 heavy (non-hydrogen) atoms. The van der Waals surface area contributed by atoms with E-state index in [1.165, 1.54) is 0 Å². The van der Waals surface area contributed by atoms with Gasteiger partial charge in [-0.25, -0.2) is 0 Å². The van der Waals surface area contributed by atoms with Crippen molar-refractivity contribution in [2.75, 3.05) is 19.7 Å². The van der Waals surface area contributed by atoms with E-state index in [2.05, 4.69) is 13.2 Å². The molecule has 0 radical (unpaired) electrons. The summed E-state index contributed by atoms with van der Waals surface area (Å²) in [5.41, 5.74) is -1.02. The Morgan fingerprint density at radius 3 is 2.39 bits per heavy atom. The molecular formula is C36H51N3O5. The van der Waals surface area contributed by atoms with Crippen LogP contribution in [0.2, 0.25) is 0 Å². The van der Waals surface area contributed by atoms with Crippen molar-refractivity contribution < 1.29 is 24.2 Å². The van der Waals surface area contributed by atoms with Gasteiger partial charge in [0.05, 0.1) is 30.1 Å². The van der Waals surface area contributed by atoms with Gasteiger partial charge in [-0.2, -0.15) is 0 Å². The summed E-state index contributed by atoms with van der Waals surface area (Å²) in [6.07, 6.45) is 10.4. The van der Waals surface area contributed by atoms with Crippen molar-refractivity contribution in [2.24, 2.45) is 17.8 Å². The number of fused-ring (bicyclic) bond motifs is 1. The van der Waals surface area contributed by atoms with E-state index in [1.807, 2.05) is 56.0 Å². The second-order valence-electron chi connectivity index (χ2n) is 13.7. The summed E-state index contributed by atoms with van der Waals surface area (Å²) in [5, 5.41) is 10.7. The number of hydrogen-bond donors (Lipinski definition) is 1. The molecule has 5 rings (SSSR count). The van der Waals surface area contributed by atoms with Crippen LogP contribution in [0.1, 0.15) is 77.7 Å². The molecule has 8 heteroatoms. The molecule has 1 spiro atoms. The van der Waals surface area contributed by atoms with E-state index in [0.29, 0.717) is 32.5 Å². The van der Waals surface area contributed by atoms with E-state index in [1.54, 1.807) is 22.0 Å². The van der Waals surface area contributed by atoms with Crippen LogP contribution in [0.15, 0.2) is 55.6 Å². The zero-order valence-electron chi connectivity index (χ0n) is 26.8. The first kappa shape index (κ1) is 32.4. The largest absolute Gasteiger partial charge is 0.394 e. The molecule has 7 atom stereocenters. The maximum Gasteiger partial charge on any atom is 0.248 e. The van der Waals surface area contributed by atoms with Crippen molar-refractivity contribution in [3.05, 3.63) is 61.2 Å². The first-order valence-corrected chi connectivity index (χ1v) is 16.7. The summed E-state index contributed by atoms with van der Waals surface area (Å²) in [6, 6.07) is 8.41. The average Bonchev–Trinajstić information content (AvgIpc) is 3.61. The number of aliphatic hydroxyl groups is 1. The predicted molar refractivity (Wildman–Crippen MR) is 170 cm³/mol. The lowest BCUT2D eigenvalue weighted by molar-refractivity contribution is -0.159. The summed E-state index contributed by atoms with van der Waals surface area (Å²) in [7, 11) is 0. The molecule has 3 heterocycles. The van der Waals surface area contributed by atoms with Gasteiger partial charge in [-0.15, -0.1) is 13.2 Å². The Balaban J connectivity index is 1.58. The highest BCUT2D eigenvalue weighted by atomic mass is 16.5. The molecular weight excluding hydrogens is 554 g/mol. The van der Waals surface area contributed by atoms with Gasteiger partial charge in [0.15, 0.2) is 0 Å². The maximum absolute atomic E-state index is 14.9. The molecule has 3 amide bonds. The van der Waals surface area contributed by atoms with Crippen molar-refractivity contribution in [1.82, 2.24) is 14.7 Å². The molecule has 3 saturated heterocycles. The van der Waals surface area contributed by atoms with Crippen LogP contribution in [0, 0.1) is 17.8 Å². The van der Waals surface area contributed by atoms with Gasteiger partial charge in [-0.1, -0.05) is 82.0 Å². The number of rotatable bonds is 13. The Morgan fingerprint density at radius 2 is 1.77 bits per heavy atom. The van der Waals surface area contributed by atoms with Crippen molar-refractivity contribution in [3.63, 3.8) is 0 Å².